The average Bonchev–Trinajstić information content (AvgIpc) is 3.10. The first-order chi connectivity index (χ1) is 14.0. The van der Waals surface area contributed by atoms with Crippen molar-refractivity contribution in [1.82, 2.24) is 4.90 Å². The van der Waals surface area contributed by atoms with Crippen molar-refractivity contribution in [2.45, 2.75) is 32.5 Å². The van der Waals surface area contributed by atoms with Gasteiger partial charge in [0.05, 0.1) is 12.5 Å². The molecule has 1 saturated heterocycles. The van der Waals surface area contributed by atoms with Gasteiger partial charge < -0.3 is 19.1 Å². The molecule has 0 aromatic heterocycles. The van der Waals surface area contributed by atoms with Gasteiger partial charge in [0.2, 0.25) is 0 Å². The van der Waals surface area contributed by atoms with Gasteiger partial charge in [-0.05, 0) is 38.0 Å². The van der Waals surface area contributed by atoms with Crippen LogP contribution in [0.1, 0.15) is 42.6 Å². The van der Waals surface area contributed by atoms with E-state index < -0.39 is 5.79 Å². The number of rotatable bonds is 4. The monoisotopic (exact) mass is 395 g/mol. The summed E-state index contributed by atoms with van der Waals surface area (Å²) >= 11 is 0. The fourth-order valence-corrected chi connectivity index (χ4v) is 3.90. The van der Waals surface area contributed by atoms with Gasteiger partial charge in [0, 0.05) is 31.1 Å². The van der Waals surface area contributed by atoms with Crippen molar-refractivity contribution in [3.05, 3.63) is 59.7 Å². The van der Waals surface area contributed by atoms with Crippen LogP contribution in [0.5, 0.6) is 11.5 Å². The number of nitrogens with zero attached hydrogens (tertiary/aromatic N) is 1. The molecular weight excluding hydrogens is 370 g/mol. The quantitative estimate of drug-likeness (QED) is 0.738. The summed E-state index contributed by atoms with van der Waals surface area (Å²) in [6, 6.07) is 14.9. The fraction of sp³-hybridized carbons (Fsp3) is 0.391. The highest BCUT2D eigenvalue weighted by atomic mass is 16.7. The molecule has 2 aromatic rings. The lowest BCUT2D eigenvalue weighted by Crippen LogP contribution is -2.42. The van der Waals surface area contributed by atoms with Gasteiger partial charge in [-0.15, -0.1) is 0 Å². The number of carbonyl (C=O) groups is 2. The van der Waals surface area contributed by atoms with Gasteiger partial charge in [-0.3, -0.25) is 9.59 Å². The molecule has 0 aliphatic carbocycles. The highest BCUT2D eigenvalue weighted by molar-refractivity contribution is 5.95. The molecule has 6 nitrogen and oxygen atoms in total. The lowest BCUT2D eigenvalue weighted by atomic mass is 9.97. The van der Waals surface area contributed by atoms with Gasteiger partial charge in [0.15, 0.2) is 11.5 Å². The smallest absolute Gasteiger partial charge is 0.310 e. The molecule has 2 aliphatic rings. The van der Waals surface area contributed by atoms with Gasteiger partial charge in [-0.2, -0.15) is 0 Å². The number of amides is 1. The van der Waals surface area contributed by atoms with E-state index in [0.717, 1.165) is 18.4 Å². The highest BCUT2D eigenvalue weighted by Crippen LogP contribution is 2.44. The SMILES string of the molecule is CCOC(=O)C1CCCN(C(=O)c2ccc3c(c2)OC(C)(c2ccccc2)O3)C1. The second-order valence-corrected chi connectivity index (χ2v) is 7.52. The zero-order chi connectivity index (χ0) is 20.4. The summed E-state index contributed by atoms with van der Waals surface area (Å²) in [5, 5.41) is 0. The average molecular weight is 395 g/mol. The Hall–Kier alpha value is -3.02. The van der Waals surface area contributed by atoms with Crippen LogP contribution in [-0.4, -0.2) is 36.5 Å². The van der Waals surface area contributed by atoms with Crippen LogP contribution in [0, 0.1) is 5.92 Å². The zero-order valence-electron chi connectivity index (χ0n) is 16.7. The predicted octanol–water partition coefficient (Wildman–Crippen LogP) is 3.75. The second-order valence-electron chi connectivity index (χ2n) is 7.52. The van der Waals surface area contributed by atoms with Gasteiger partial charge in [-0.1, -0.05) is 30.3 Å². The summed E-state index contributed by atoms with van der Waals surface area (Å²) in [7, 11) is 0. The molecule has 0 radical (unpaired) electrons. The molecule has 0 saturated carbocycles. The Bertz CT molecular complexity index is 913. The molecule has 152 valence electrons. The van der Waals surface area contributed by atoms with Crippen LogP contribution in [0.2, 0.25) is 0 Å². The number of esters is 1. The van der Waals surface area contributed by atoms with Gasteiger partial charge in [0.1, 0.15) is 0 Å². The summed E-state index contributed by atoms with van der Waals surface area (Å²) in [5.41, 5.74) is 1.42. The van der Waals surface area contributed by atoms with Crippen LogP contribution < -0.4 is 9.47 Å². The number of piperidine rings is 1. The summed E-state index contributed by atoms with van der Waals surface area (Å²) < 4.78 is 17.2. The van der Waals surface area contributed by atoms with Crippen LogP contribution in [0.25, 0.3) is 0 Å². The fourth-order valence-electron chi connectivity index (χ4n) is 3.90. The molecule has 1 fully saturated rings. The first-order valence-corrected chi connectivity index (χ1v) is 10.0. The van der Waals surface area contributed by atoms with E-state index in [-0.39, 0.29) is 17.8 Å². The third-order valence-electron chi connectivity index (χ3n) is 5.43. The Balaban J connectivity index is 1.50. The van der Waals surface area contributed by atoms with E-state index in [4.69, 9.17) is 14.2 Å². The third kappa shape index (κ3) is 3.79. The predicted molar refractivity (Wildman–Crippen MR) is 107 cm³/mol. The van der Waals surface area contributed by atoms with E-state index in [9.17, 15) is 9.59 Å². The molecule has 1 amide bonds. The maximum atomic E-state index is 13.0. The Morgan fingerprint density at radius 2 is 1.90 bits per heavy atom. The second kappa shape index (κ2) is 7.78. The van der Waals surface area contributed by atoms with Crippen LogP contribution in [0.15, 0.2) is 48.5 Å². The molecule has 6 heteroatoms. The molecule has 4 rings (SSSR count). The standard InChI is InChI=1S/C23H25NO5/c1-3-27-22(26)17-8-7-13-24(15-17)21(25)16-11-12-19-20(14-16)29-23(2,28-19)18-9-5-4-6-10-18/h4-6,9-12,14,17H,3,7-8,13,15H2,1-2H3. The van der Waals surface area contributed by atoms with Crippen LogP contribution >= 0.6 is 0 Å². The van der Waals surface area contributed by atoms with E-state index in [1.165, 1.54) is 0 Å². The largest absolute Gasteiger partial charge is 0.466 e. The molecule has 0 spiro atoms. The van der Waals surface area contributed by atoms with E-state index in [0.29, 0.717) is 36.8 Å². The molecule has 29 heavy (non-hydrogen) atoms. The number of fused-ring (bicyclic) bond motifs is 1. The minimum Gasteiger partial charge on any atom is -0.466 e. The molecule has 2 atom stereocenters. The summed E-state index contributed by atoms with van der Waals surface area (Å²) in [6.07, 6.45) is 1.53. The lowest BCUT2D eigenvalue weighted by Gasteiger charge is -2.31. The molecule has 0 N–H and O–H groups in total. The first-order valence-electron chi connectivity index (χ1n) is 10.0. The zero-order valence-corrected chi connectivity index (χ0v) is 16.7. The summed E-state index contributed by atoms with van der Waals surface area (Å²) in [6.45, 7) is 5.02. The Morgan fingerprint density at radius 3 is 2.66 bits per heavy atom. The molecule has 0 bridgehead atoms. The maximum Gasteiger partial charge on any atom is 0.310 e. The van der Waals surface area contributed by atoms with Crippen LogP contribution in [0.4, 0.5) is 0 Å². The third-order valence-corrected chi connectivity index (χ3v) is 5.43. The first kappa shape index (κ1) is 19.3. The lowest BCUT2D eigenvalue weighted by molar-refractivity contribution is -0.149. The van der Waals surface area contributed by atoms with Crippen molar-refractivity contribution in [2.24, 2.45) is 5.92 Å². The van der Waals surface area contributed by atoms with E-state index in [2.05, 4.69) is 0 Å². The molecule has 2 aromatic carbocycles. The van der Waals surface area contributed by atoms with E-state index >= 15 is 0 Å². The Morgan fingerprint density at radius 1 is 1.14 bits per heavy atom. The number of hydrogen-bond donors (Lipinski definition) is 0. The normalized spacial score (nSPS) is 23.0. The van der Waals surface area contributed by atoms with Gasteiger partial charge in [0.25, 0.3) is 11.7 Å². The number of benzene rings is 2. The van der Waals surface area contributed by atoms with Crippen LogP contribution in [0.3, 0.4) is 0 Å². The number of likely N-dealkylation sites (tertiary alicyclic amines) is 1. The molecule has 2 aliphatic heterocycles. The van der Waals surface area contributed by atoms with Crippen molar-refractivity contribution >= 4 is 11.9 Å². The van der Waals surface area contributed by atoms with Gasteiger partial charge >= 0.3 is 5.97 Å². The molecule has 2 heterocycles. The number of ether oxygens (including phenoxy) is 3. The van der Waals surface area contributed by atoms with Crippen molar-refractivity contribution < 1.29 is 23.8 Å². The van der Waals surface area contributed by atoms with Crippen LogP contribution in [-0.2, 0) is 15.3 Å². The molecule has 2 unspecified atom stereocenters. The Labute approximate surface area is 170 Å². The Kier molecular flexibility index (Phi) is 5.18. The van der Waals surface area contributed by atoms with E-state index in [1.807, 2.05) is 37.3 Å². The van der Waals surface area contributed by atoms with Gasteiger partial charge in [-0.25, -0.2) is 0 Å². The summed E-state index contributed by atoms with van der Waals surface area (Å²) in [4.78, 5) is 26.8. The molecular formula is C23H25NO5. The minimum atomic E-state index is -0.925. The summed E-state index contributed by atoms with van der Waals surface area (Å²) in [5.74, 6) is -0.376. The number of carbonyl (C=O) groups excluding carboxylic acids is 2. The number of hydrogen-bond acceptors (Lipinski definition) is 5. The highest BCUT2D eigenvalue weighted by Gasteiger charge is 2.39. The van der Waals surface area contributed by atoms with Crippen molar-refractivity contribution in [3.8, 4) is 11.5 Å². The maximum absolute atomic E-state index is 13.0. The van der Waals surface area contributed by atoms with Crippen molar-refractivity contribution in [2.75, 3.05) is 19.7 Å². The topological polar surface area (TPSA) is 65.1 Å². The van der Waals surface area contributed by atoms with Crippen molar-refractivity contribution in [1.29, 1.82) is 0 Å². The van der Waals surface area contributed by atoms with Crippen molar-refractivity contribution in [3.63, 3.8) is 0 Å². The van der Waals surface area contributed by atoms with E-state index in [1.54, 1.807) is 30.0 Å². The minimum absolute atomic E-state index is 0.112.